The summed E-state index contributed by atoms with van der Waals surface area (Å²) in [5, 5.41) is 11.6. The Morgan fingerprint density at radius 1 is 1.40 bits per heavy atom. The highest BCUT2D eigenvalue weighted by Gasteiger charge is 2.20. The maximum absolute atomic E-state index is 11.9. The zero-order valence-corrected chi connectivity index (χ0v) is 11.9. The summed E-state index contributed by atoms with van der Waals surface area (Å²) in [6.45, 7) is 5.57. The number of rotatable bonds is 6. The third-order valence-electron chi connectivity index (χ3n) is 2.92. The van der Waals surface area contributed by atoms with Gasteiger partial charge in [-0.2, -0.15) is 0 Å². The van der Waals surface area contributed by atoms with Crippen molar-refractivity contribution in [2.24, 2.45) is 11.8 Å². The van der Waals surface area contributed by atoms with Gasteiger partial charge in [-0.1, -0.05) is 13.8 Å². The molecule has 0 aliphatic rings. The molecule has 0 radical (unpaired) electrons. The van der Waals surface area contributed by atoms with Crippen molar-refractivity contribution in [2.75, 3.05) is 6.54 Å². The number of amides is 1. The molecule has 1 heterocycles. The van der Waals surface area contributed by atoms with Gasteiger partial charge in [0.25, 0.3) is 5.91 Å². The summed E-state index contributed by atoms with van der Waals surface area (Å²) >= 11 is 0. The van der Waals surface area contributed by atoms with Crippen molar-refractivity contribution in [3.63, 3.8) is 0 Å². The number of aryl methyl sites for hydroxylation is 1. The lowest BCUT2D eigenvalue weighted by Crippen LogP contribution is -2.35. The fourth-order valence-corrected chi connectivity index (χ4v) is 1.90. The third kappa shape index (κ3) is 4.53. The quantitative estimate of drug-likeness (QED) is 0.728. The van der Waals surface area contributed by atoms with Crippen molar-refractivity contribution >= 4 is 11.9 Å². The van der Waals surface area contributed by atoms with Crippen LogP contribution < -0.4 is 10.7 Å². The van der Waals surface area contributed by atoms with E-state index in [2.05, 4.69) is 10.3 Å². The fourth-order valence-electron chi connectivity index (χ4n) is 1.90. The Kier molecular flexibility index (Phi) is 5.49. The number of carboxylic acids is 1. The predicted octanol–water partition coefficient (Wildman–Crippen LogP) is 1.16. The molecule has 6 heteroatoms. The van der Waals surface area contributed by atoms with E-state index in [0.717, 1.165) is 0 Å². The first kappa shape index (κ1) is 15.9. The van der Waals surface area contributed by atoms with Gasteiger partial charge in [0.1, 0.15) is 5.56 Å². The molecule has 0 fully saturated rings. The number of H-pyrrole nitrogens is 1. The van der Waals surface area contributed by atoms with E-state index in [1.165, 1.54) is 12.3 Å². The van der Waals surface area contributed by atoms with Gasteiger partial charge in [-0.05, 0) is 19.3 Å². The van der Waals surface area contributed by atoms with Gasteiger partial charge in [-0.3, -0.25) is 14.4 Å². The molecule has 1 atom stereocenters. The van der Waals surface area contributed by atoms with Crippen LogP contribution in [0.15, 0.2) is 17.1 Å². The molecule has 110 valence electrons. The molecular weight excluding hydrogens is 260 g/mol. The topological polar surface area (TPSA) is 99.3 Å². The molecule has 20 heavy (non-hydrogen) atoms. The van der Waals surface area contributed by atoms with Gasteiger partial charge < -0.3 is 15.4 Å². The summed E-state index contributed by atoms with van der Waals surface area (Å²) in [6, 6.07) is 1.33. The average molecular weight is 280 g/mol. The Balaban J connectivity index is 2.70. The lowest BCUT2D eigenvalue weighted by atomic mass is 9.97. The standard InChI is InChI=1S/C14H20N2O4/c1-8(2)4-10(14(19)20)6-16-13(18)11-7-15-9(3)5-12(11)17/h5,7-8,10H,4,6H2,1-3H3,(H,15,17)(H,16,18)(H,19,20). The van der Waals surface area contributed by atoms with Gasteiger partial charge in [0.15, 0.2) is 5.43 Å². The summed E-state index contributed by atoms with van der Waals surface area (Å²) in [5.41, 5.74) is 0.272. The number of hydrogen-bond donors (Lipinski definition) is 3. The maximum atomic E-state index is 11.9. The van der Waals surface area contributed by atoms with Gasteiger partial charge in [0.2, 0.25) is 0 Å². The maximum Gasteiger partial charge on any atom is 0.308 e. The van der Waals surface area contributed by atoms with Crippen LogP contribution in [-0.4, -0.2) is 28.5 Å². The van der Waals surface area contributed by atoms with E-state index >= 15 is 0 Å². The van der Waals surface area contributed by atoms with Crippen LogP contribution in [0.25, 0.3) is 0 Å². The molecule has 6 nitrogen and oxygen atoms in total. The van der Waals surface area contributed by atoms with E-state index in [1.54, 1.807) is 6.92 Å². The SMILES string of the molecule is Cc1cc(=O)c(C(=O)NCC(CC(C)C)C(=O)O)c[nH]1. The second-order valence-electron chi connectivity index (χ2n) is 5.27. The number of hydrogen-bond acceptors (Lipinski definition) is 3. The Bertz CT molecular complexity index is 548. The molecule has 1 unspecified atom stereocenters. The van der Waals surface area contributed by atoms with Crippen molar-refractivity contribution in [3.05, 3.63) is 33.7 Å². The smallest absolute Gasteiger partial charge is 0.308 e. The molecule has 0 saturated carbocycles. The van der Waals surface area contributed by atoms with Crippen molar-refractivity contribution in [1.29, 1.82) is 0 Å². The lowest BCUT2D eigenvalue weighted by molar-refractivity contribution is -0.142. The number of carbonyl (C=O) groups is 2. The van der Waals surface area contributed by atoms with E-state index in [4.69, 9.17) is 5.11 Å². The molecule has 0 saturated heterocycles. The van der Waals surface area contributed by atoms with Crippen molar-refractivity contribution in [3.8, 4) is 0 Å². The van der Waals surface area contributed by atoms with Gasteiger partial charge in [-0.15, -0.1) is 0 Å². The minimum atomic E-state index is -0.947. The van der Waals surface area contributed by atoms with Crippen LogP contribution >= 0.6 is 0 Å². The first-order valence-electron chi connectivity index (χ1n) is 6.51. The van der Waals surface area contributed by atoms with Crippen LogP contribution in [-0.2, 0) is 4.79 Å². The minimum Gasteiger partial charge on any atom is -0.481 e. The van der Waals surface area contributed by atoms with E-state index in [-0.39, 0.29) is 23.5 Å². The summed E-state index contributed by atoms with van der Waals surface area (Å²) in [7, 11) is 0. The minimum absolute atomic E-state index is 0.00992. The second kappa shape index (κ2) is 6.88. The number of pyridine rings is 1. The predicted molar refractivity (Wildman–Crippen MR) is 74.7 cm³/mol. The van der Waals surface area contributed by atoms with Crippen LogP contribution in [0.4, 0.5) is 0 Å². The van der Waals surface area contributed by atoms with Crippen LogP contribution in [0.1, 0.15) is 36.3 Å². The van der Waals surface area contributed by atoms with Gasteiger partial charge in [0, 0.05) is 24.5 Å². The highest BCUT2D eigenvalue weighted by molar-refractivity contribution is 5.94. The number of aromatic amines is 1. The van der Waals surface area contributed by atoms with Crippen LogP contribution in [0.3, 0.4) is 0 Å². The van der Waals surface area contributed by atoms with Crippen LogP contribution in [0, 0.1) is 18.8 Å². The molecule has 0 spiro atoms. The monoisotopic (exact) mass is 280 g/mol. The summed E-state index contributed by atoms with van der Waals surface area (Å²) in [6.07, 6.45) is 1.81. The Labute approximate surface area is 117 Å². The molecule has 0 aliphatic heterocycles. The number of carbonyl (C=O) groups excluding carboxylic acids is 1. The highest BCUT2D eigenvalue weighted by atomic mass is 16.4. The normalized spacial score (nSPS) is 12.2. The first-order chi connectivity index (χ1) is 9.31. The molecular formula is C14H20N2O4. The summed E-state index contributed by atoms with van der Waals surface area (Å²) < 4.78 is 0. The lowest BCUT2D eigenvalue weighted by Gasteiger charge is -2.15. The van der Waals surface area contributed by atoms with Crippen LogP contribution in [0.2, 0.25) is 0 Å². The molecule has 0 aliphatic carbocycles. The molecule has 0 bridgehead atoms. The number of carboxylic acid groups (broad SMARTS) is 1. The van der Waals surface area contributed by atoms with E-state index < -0.39 is 17.8 Å². The molecule has 0 aromatic carbocycles. The molecule has 1 rings (SSSR count). The van der Waals surface area contributed by atoms with Crippen molar-refractivity contribution in [1.82, 2.24) is 10.3 Å². The Morgan fingerprint density at radius 2 is 2.05 bits per heavy atom. The third-order valence-corrected chi connectivity index (χ3v) is 2.92. The number of nitrogens with one attached hydrogen (secondary N) is 2. The second-order valence-corrected chi connectivity index (χ2v) is 5.27. The largest absolute Gasteiger partial charge is 0.481 e. The first-order valence-corrected chi connectivity index (χ1v) is 6.51. The molecule has 3 N–H and O–H groups in total. The zero-order valence-electron chi connectivity index (χ0n) is 11.9. The van der Waals surface area contributed by atoms with E-state index in [0.29, 0.717) is 12.1 Å². The van der Waals surface area contributed by atoms with E-state index in [9.17, 15) is 14.4 Å². The number of aliphatic carboxylic acids is 1. The Morgan fingerprint density at radius 3 is 2.55 bits per heavy atom. The number of aromatic nitrogens is 1. The summed E-state index contributed by atoms with van der Waals surface area (Å²) in [4.78, 5) is 37.4. The van der Waals surface area contributed by atoms with Crippen molar-refractivity contribution in [2.45, 2.75) is 27.2 Å². The highest BCUT2D eigenvalue weighted by Crippen LogP contribution is 2.11. The molecule has 1 aromatic heterocycles. The molecule has 1 amide bonds. The van der Waals surface area contributed by atoms with Crippen molar-refractivity contribution < 1.29 is 14.7 Å². The van der Waals surface area contributed by atoms with E-state index in [1.807, 2.05) is 13.8 Å². The average Bonchev–Trinajstić information content (AvgIpc) is 2.33. The van der Waals surface area contributed by atoms with Gasteiger partial charge >= 0.3 is 5.97 Å². The molecule has 1 aromatic rings. The fraction of sp³-hybridized carbons (Fsp3) is 0.500. The zero-order chi connectivity index (χ0) is 15.3. The van der Waals surface area contributed by atoms with Gasteiger partial charge in [-0.25, -0.2) is 0 Å². The Hall–Kier alpha value is -2.11. The summed E-state index contributed by atoms with van der Waals surface area (Å²) in [5.74, 6) is -1.93. The van der Waals surface area contributed by atoms with Gasteiger partial charge in [0.05, 0.1) is 5.92 Å². The van der Waals surface area contributed by atoms with Crippen LogP contribution in [0.5, 0.6) is 0 Å².